The first kappa shape index (κ1) is 13.1. The highest BCUT2D eigenvalue weighted by Gasteiger charge is 1.96. The van der Waals surface area contributed by atoms with E-state index in [1.54, 1.807) is 6.20 Å². The highest BCUT2D eigenvalue weighted by molar-refractivity contribution is 7.98. The van der Waals surface area contributed by atoms with Gasteiger partial charge in [-0.1, -0.05) is 0 Å². The Balaban J connectivity index is 2.27. The van der Waals surface area contributed by atoms with Gasteiger partial charge in [0.15, 0.2) is 0 Å². The predicted molar refractivity (Wildman–Crippen MR) is 72.3 cm³/mol. The van der Waals surface area contributed by atoms with Crippen molar-refractivity contribution in [2.45, 2.75) is 19.8 Å². The van der Waals surface area contributed by atoms with E-state index < -0.39 is 0 Å². The molecule has 0 atom stereocenters. The molecule has 0 aromatic carbocycles. The summed E-state index contributed by atoms with van der Waals surface area (Å²) in [5.74, 6) is 2.82. The fourth-order valence-corrected chi connectivity index (χ4v) is 1.78. The van der Waals surface area contributed by atoms with Crippen molar-refractivity contribution in [1.29, 1.82) is 0 Å². The molecule has 0 amide bonds. The molecule has 0 aliphatic carbocycles. The predicted octanol–water partition coefficient (Wildman–Crippen LogP) is 2.46. The average molecular weight is 240 g/mol. The first-order valence-corrected chi connectivity index (χ1v) is 7.06. The van der Waals surface area contributed by atoms with Crippen molar-refractivity contribution in [1.82, 2.24) is 9.97 Å². The Labute approximate surface area is 102 Å². The number of nitrogens with zero attached hydrogens (tertiary/aromatic N) is 2. The van der Waals surface area contributed by atoms with E-state index in [0.717, 1.165) is 18.9 Å². The van der Waals surface area contributed by atoms with Crippen LogP contribution in [0.15, 0.2) is 12.3 Å². The van der Waals surface area contributed by atoms with Crippen LogP contribution in [-0.4, -0.2) is 35.1 Å². The number of thioether (sulfide) groups is 1. The van der Waals surface area contributed by atoms with Crippen LogP contribution >= 0.6 is 11.8 Å². The van der Waals surface area contributed by atoms with Gasteiger partial charge in [-0.15, -0.1) is 0 Å². The van der Waals surface area contributed by atoms with E-state index in [1.165, 1.54) is 18.6 Å². The Morgan fingerprint density at radius 1 is 1.31 bits per heavy atom. The summed E-state index contributed by atoms with van der Waals surface area (Å²) >= 11 is 1.89. The molecule has 1 rings (SSSR count). The fraction of sp³-hybridized carbons (Fsp3) is 0.636. The van der Waals surface area contributed by atoms with Gasteiger partial charge in [0.25, 0.3) is 0 Å². The molecule has 0 spiro atoms. The van der Waals surface area contributed by atoms with Gasteiger partial charge in [0.05, 0.1) is 0 Å². The number of hydrogen-bond acceptors (Lipinski definition) is 5. The topological polar surface area (TPSA) is 49.8 Å². The lowest BCUT2D eigenvalue weighted by molar-refractivity contribution is 0.839. The molecule has 0 bridgehead atoms. The number of nitrogens with one attached hydrogen (secondary N) is 2. The molecule has 4 nitrogen and oxygen atoms in total. The summed E-state index contributed by atoms with van der Waals surface area (Å²) in [6.45, 7) is 3.85. The second kappa shape index (κ2) is 8.21. The Morgan fingerprint density at radius 3 is 2.94 bits per heavy atom. The first-order valence-electron chi connectivity index (χ1n) is 5.66. The number of hydrogen-bond donors (Lipinski definition) is 2. The molecule has 0 aliphatic heterocycles. The molecular weight excluding hydrogens is 220 g/mol. The molecule has 1 aromatic rings. The van der Waals surface area contributed by atoms with Crippen LogP contribution in [0, 0.1) is 0 Å². The number of rotatable bonds is 8. The highest BCUT2D eigenvalue weighted by atomic mass is 32.2. The van der Waals surface area contributed by atoms with Gasteiger partial charge in [-0.3, -0.25) is 0 Å². The van der Waals surface area contributed by atoms with Gasteiger partial charge in [-0.05, 0) is 37.8 Å². The van der Waals surface area contributed by atoms with Crippen molar-refractivity contribution in [2.24, 2.45) is 0 Å². The summed E-state index contributed by atoms with van der Waals surface area (Å²) in [7, 11) is 0. The Bertz CT molecular complexity index is 293. The third-order valence-electron chi connectivity index (χ3n) is 2.07. The summed E-state index contributed by atoms with van der Waals surface area (Å²) in [6, 6.07) is 1.90. The molecule has 0 saturated carbocycles. The van der Waals surface area contributed by atoms with Crippen LogP contribution in [0.5, 0.6) is 0 Å². The lowest BCUT2D eigenvalue weighted by Gasteiger charge is -2.06. The van der Waals surface area contributed by atoms with Crippen LogP contribution in [0.2, 0.25) is 0 Å². The van der Waals surface area contributed by atoms with Crippen molar-refractivity contribution in [3.05, 3.63) is 12.3 Å². The van der Waals surface area contributed by atoms with Crippen molar-refractivity contribution >= 4 is 23.5 Å². The van der Waals surface area contributed by atoms with Gasteiger partial charge in [0.2, 0.25) is 5.95 Å². The van der Waals surface area contributed by atoms with Crippen LogP contribution in [0.1, 0.15) is 19.8 Å². The third-order valence-corrected chi connectivity index (χ3v) is 2.77. The number of unbranched alkanes of at least 4 members (excludes halogenated alkanes) is 1. The molecule has 2 N–H and O–H groups in total. The van der Waals surface area contributed by atoms with E-state index in [2.05, 4.69) is 26.9 Å². The van der Waals surface area contributed by atoms with Crippen molar-refractivity contribution < 1.29 is 0 Å². The second-order valence-electron chi connectivity index (χ2n) is 3.42. The zero-order valence-corrected chi connectivity index (χ0v) is 10.8. The maximum Gasteiger partial charge on any atom is 0.224 e. The zero-order valence-electron chi connectivity index (χ0n) is 9.99. The van der Waals surface area contributed by atoms with Crippen LogP contribution in [-0.2, 0) is 0 Å². The lowest BCUT2D eigenvalue weighted by Crippen LogP contribution is -2.07. The molecule has 0 saturated heterocycles. The largest absolute Gasteiger partial charge is 0.370 e. The maximum absolute atomic E-state index is 4.34. The summed E-state index contributed by atoms with van der Waals surface area (Å²) in [5.41, 5.74) is 0. The SMILES string of the molecule is CCNc1nccc(NCCCCSC)n1. The average Bonchev–Trinajstić information content (AvgIpc) is 2.30. The molecule has 0 unspecified atom stereocenters. The number of anilines is 2. The van der Waals surface area contributed by atoms with E-state index in [4.69, 9.17) is 0 Å². The van der Waals surface area contributed by atoms with Crippen LogP contribution in [0.25, 0.3) is 0 Å². The molecule has 0 fully saturated rings. The van der Waals surface area contributed by atoms with Crippen molar-refractivity contribution in [3.63, 3.8) is 0 Å². The minimum Gasteiger partial charge on any atom is -0.370 e. The van der Waals surface area contributed by atoms with Crippen LogP contribution < -0.4 is 10.6 Å². The Hall–Kier alpha value is -0.970. The van der Waals surface area contributed by atoms with E-state index >= 15 is 0 Å². The van der Waals surface area contributed by atoms with Crippen LogP contribution in [0.4, 0.5) is 11.8 Å². The second-order valence-corrected chi connectivity index (χ2v) is 4.41. The minimum atomic E-state index is 0.691. The fourth-order valence-electron chi connectivity index (χ4n) is 1.29. The number of aromatic nitrogens is 2. The summed E-state index contributed by atoms with van der Waals surface area (Å²) < 4.78 is 0. The third kappa shape index (κ3) is 5.21. The molecular formula is C11H20N4S. The van der Waals surface area contributed by atoms with E-state index in [-0.39, 0.29) is 0 Å². The molecule has 5 heteroatoms. The van der Waals surface area contributed by atoms with Gasteiger partial charge in [-0.2, -0.15) is 16.7 Å². The molecule has 1 aromatic heterocycles. The standard InChI is InChI=1S/C11H20N4S/c1-3-12-11-14-8-6-10(15-11)13-7-4-5-9-16-2/h6,8H,3-5,7,9H2,1-2H3,(H2,12,13,14,15). The smallest absolute Gasteiger partial charge is 0.224 e. The summed E-state index contributed by atoms with van der Waals surface area (Å²) in [6.07, 6.45) is 6.34. The minimum absolute atomic E-state index is 0.691. The van der Waals surface area contributed by atoms with Gasteiger partial charge in [-0.25, -0.2) is 4.98 Å². The lowest BCUT2D eigenvalue weighted by atomic mass is 10.3. The molecule has 90 valence electrons. The van der Waals surface area contributed by atoms with E-state index in [9.17, 15) is 0 Å². The molecule has 0 aliphatic rings. The highest BCUT2D eigenvalue weighted by Crippen LogP contribution is 2.06. The zero-order chi connectivity index (χ0) is 11.6. The van der Waals surface area contributed by atoms with Gasteiger partial charge >= 0.3 is 0 Å². The molecule has 1 heterocycles. The van der Waals surface area contributed by atoms with E-state index in [1.807, 2.05) is 24.8 Å². The van der Waals surface area contributed by atoms with E-state index in [0.29, 0.717) is 5.95 Å². The van der Waals surface area contributed by atoms with Gasteiger partial charge in [0, 0.05) is 19.3 Å². The summed E-state index contributed by atoms with van der Waals surface area (Å²) in [4.78, 5) is 8.46. The quantitative estimate of drug-likeness (QED) is 0.684. The maximum atomic E-state index is 4.34. The van der Waals surface area contributed by atoms with Gasteiger partial charge < -0.3 is 10.6 Å². The monoisotopic (exact) mass is 240 g/mol. The Kier molecular flexibility index (Phi) is 6.72. The van der Waals surface area contributed by atoms with Crippen molar-refractivity contribution in [3.8, 4) is 0 Å². The molecule has 16 heavy (non-hydrogen) atoms. The van der Waals surface area contributed by atoms with Crippen molar-refractivity contribution in [2.75, 3.05) is 35.7 Å². The Morgan fingerprint density at radius 2 is 2.19 bits per heavy atom. The summed E-state index contributed by atoms with van der Waals surface area (Å²) in [5, 5.41) is 6.40. The van der Waals surface area contributed by atoms with Gasteiger partial charge in [0.1, 0.15) is 5.82 Å². The van der Waals surface area contributed by atoms with Crippen LogP contribution in [0.3, 0.4) is 0 Å². The molecule has 0 radical (unpaired) electrons. The first-order chi connectivity index (χ1) is 7.86. The normalized spacial score (nSPS) is 10.1.